The van der Waals surface area contributed by atoms with Crippen LogP contribution in [0.1, 0.15) is 17.7 Å². The summed E-state index contributed by atoms with van der Waals surface area (Å²) in [6.45, 7) is 0.105. The molecule has 0 saturated heterocycles. The quantitative estimate of drug-likeness (QED) is 0.707. The molecule has 0 saturated carbocycles. The van der Waals surface area contributed by atoms with Crippen molar-refractivity contribution in [3.8, 4) is 0 Å². The highest BCUT2D eigenvalue weighted by molar-refractivity contribution is 5.20. The Kier molecular flexibility index (Phi) is 2.48. The normalized spacial score (nSPS) is 10.5. The second kappa shape index (κ2) is 3.39. The lowest BCUT2D eigenvalue weighted by atomic mass is 10.2. The monoisotopic (exact) mass is 158 g/mol. The van der Waals surface area contributed by atoms with Crippen molar-refractivity contribution in [3.05, 3.63) is 29.6 Å². The maximum absolute atomic E-state index is 12.1. The summed E-state index contributed by atoms with van der Waals surface area (Å²) in [5.41, 5.74) is 5.41. The highest BCUT2D eigenvalue weighted by atomic mass is 19.3. The standard InChI is InChI=1S/C7H8F2N2/c8-7(9)6-5(4-10)2-1-3-11-6/h1-3,7H,4,10H2. The average Bonchev–Trinajstić information content (AvgIpc) is 2.04. The number of nitrogens with two attached hydrogens (primary N) is 1. The molecular formula is C7H8F2N2. The fourth-order valence-electron chi connectivity index (χ4n) is 0.820. The lowest BCUT2D eigenvalue weighted by molar-refractivity contribution is 0.145. The Labute approximate surface area is 63.1 Å². The van der Waals surface area contributed by atoms with Gasteiger partial charge in [0.25, 0.3) is 6.43 Å². The third-order valence-corrected chi connectivity index (χ3v) is 1.35. The van der Waals surface area contributed by atoms with Gasteiger partial charge in [0.05, 0.1) is 0 Å². The lowest BCUT2D eigenvalue weighted by Gasteiger charge is -2.03. The number of pyridine rings is 1. The first kappa shape index (κ1) is 8.07. The minimum Gasteiger partial charge on any atom is -0.326 e. The van der Waals surface area contributed by atoms with Gasteiger partial charge in [-0.15, -0.1) is 0 Å². The van der Waals surface area contributed by atoms with Gasteiger partial charge in [0.2, 0.25) is 0 Å². The third kappa shape index (κ3) is 1.71. The molecule has 0 radical (unpaired) electrons. The number of halogens is 2. The molecule has 0 fully saturated rings. The lowest BCUT2D eigenvalue weighted by Crippen LogP contribution is -2.03. The minimum atomic E-state index is -2.53. The van der Waals surface area contributed by atoms with E-state index < -0.39 is 6.43 Å². The Balaban J connectivity index is 3.02. The summed E-state index contributed by atoms with van der Waals surface area (Å²) in [6, 6.07) is 3.14. The predicted molar refractivity (Wildman–Crippen MR) is 37.1 cm³/mol. The zero-order valence-corrected chi connectivity index (χ0v) is 5.80. The average molecular weight is 158 g/mol. The van der Waals surface area contributed by atoms with Gasteiger partial charge in [-0.3, -0.25) is 4.98 Å². The highest BCUT2D eigenvalue weighted by Crippen LogP contribution is 2.19. The Morgan fingerprint density at radius 1 is 1.55 bits per heavy atom. The number of alkyl halides is 2. The first-order valence-electron chi connectivity index (χ1n) is 3.17. The van der Waals surface area contributed by atoms with Crippen LogP contribution in [0, 0.1) is 0 Å². The third-order valence-electron chi connectivity index (χ3n) is 1.35. The molecule has 60 valence electrons. The molecule has 1 rings (SSSR count). The van der Waals surface area contributed by atoms with Crippen molar-refractivity contribution >= 4 is 0 Å². The van der Waals surface area contributed by atoms with Crippen LogP contribution >= 0.6 is 0 Å². The first-order valence-corrected chi connectivity index (χ1v) is 3.17. The van der Waals surface area contributed by atoms with Gasteiger partial charge in [-0.25, -0.2) is 8.78 Å². The van der Waals surface area contributed by atoms with Crippen LogP contribution in [0.3, 0.4) is 0 Å². The minimum absolute atomic E-state index is 0.105. The number of nitrogens with zero attached hydrogens (tertiary/aromatic N) is 1. The Hall–Kier alpha value is -1.03. The van der Waals surface area contributed by atoms with Crippen molar-refractivity contribution in [2.45, 2.75) is 13.0 Å². The number of hydrogen-bond donors (Lipinski definition) is 1. The molecule has 2 nitrogen and oxygen atoms in total. The van der Waals surface area contributed by atoms with Crippen LogP contribution in [-0.4, -0.2) is 4.98 Å². The maximum atomic E-state index is 12.1. The molecule has 1 aromatic rings. The van der Waals surface area contributed by atoms with Crippen LogP contribution < -0.4 is 5.73 Å². The van der Waals surface area contributed by atoms with E-state index in [1.54, 1.807) is 12.1 Å². The Bertz CT molecular complexity index is 238. The van der Waals surface area contributed by atoms with Gasteiger partial charge in [-0.05, 0) is 11.6 Å². The molecule has 11 heavy (non-hydrogen) atoms. The fourth-order valence-corrected chi connectivity index (χ4v) is 0.820. The molecule has 2 N–H and O–H groups in total. The van der Waals surface area contributed by atoms with E-state index in [1.807, 2.05) is 0 Å². The van der Waals surface area contributed by atoms with Gasteiger partial charge in [0.1, 0.15) is 5.69 Å². The molecule has 0 spiro atoms. The summed E-state index contributed by atoms with van der Waals surface area (Å²) in [4.78, 5) is 3.52. The van der Waals surface area contributed by atoms with Gasteiger partial charge in [-0.1, -0.05) is 6.07 Å². The molecule has 0 atom stereocenters. The van der Waals surface area contributed by atoms with Crippen LogP contribution in [0.25, 0.3) is 0 Å². The van der Waals surface area contributed by atoms with E-state index in [0.717, 1.165) is 0 Å². The molecule has 0 amide bonds. The van der Waals surface area contributed by atoms with Crippen molar-refractivity contribution in [2.24, 2.45) is 5.73 Å². The smallest absolute Gasteiger partial charge is 0.280 e. The summed E-state index contributed by atoms with van der Waals surface area (Å²) in [5, 5.41) is 0. The number of aromatic nitrogens is 1. The van der Waals surface area contributed by atoms with Crippen LogP contribution in [0.2, 0.25) is 0 Å². The van der Waals surface area contributed by atoms with E-state index in [0.29, 0.717) is 5.56 Å². The topological polar surface area (TPSA) is 38.9 Å². The van der Waals surface area contributed by atoms with Crippen molar-refractivity contribution in [2.75, 3.05) is 0 Å². The molecule has 0 aromatic carbocycles. The largest absolute Gasteiger partial charge is 0.326 e. The van der Waals surface area contributed by atoms with Gasteiger partial charge in [0, 0.05) is 12.7 Å². The van der Waals surface area contributed by atoms with Gasteiger partial charge >= 0.3 is 0 Å². The van der Waals surface area contributed by atoms with Crippen molar-refractivity contribution < 1.29 is 8.78 Å². The summed E-state index contributed by atoms with van der Waals surface area (Å²) >= 11 is 0. The molecule has 0 aliphatic carbocycles. The molecule has 4 heteroatoms. The second-order valence-corrected chi connectivity index (χ2v) is 2.05. The second-order valence-electron chi connectivity index (χ2n) is 2.05. The van der Waals surface area contributed by atoms with Crippen molar-refractivity contribution in [1.82, 2.24) is 4.98 Å². The van der Waals surface area contributed by atoms with Crippen LogP contribution in [0.4, 0.5) is 8.78 Å². The number of hydrogen-bond acceptors (Lipinski definition) is 2. The van der Waals surface area contributed by atoms with E-state index >= 15 is 0 Å². The van der Waals surface area contributed by atoms with Gasteiger partial charge in [0.15, 0.2) is 0 Å². The molecule has 1 aromatic heterocycles. The summed E-state index contributed by atoms with van der Waals surface area (Å²) in [6.07, 6.45) is -1.20. The molecule has 0 unspecified atom stereocenters. The highest BCUT2D eigenvalue weighted by Gasteiger charge is 2.11. The Morgan fingerprint density at radius 3 is 2.73 bits per heavy atom. The summed E-state index contributed by atoms with van der Waals surface area (Å²) in [7, 11) is 0. The van der Waals surface area contributed by atoms with Gasteiger partial charge in [-0.2, -0.15) is 0 Å². The summed E-state index contributed by atoms with van der Waals surface area (Å²) in [5.74, 6) is 0. The fraction of sp³-hybridized carbons (Fsp3) is 0.286. The SMILES string of the molecule is NCc1cccnc1C(F)F. The van der Waals surface area contributed by atoms with Gasteiger partial charge < -0.3 is 5.73 Å². The molecule has 1 heterocycles. The zero-order chi connectivity index (χ0) is 8.27. The Morgan fingerprint density at radius 2 is 2.27 bits per heavy atom. The molecular weight excluding hydrogens is 150 g/mol. The maximum Gasteiger partial charge on any atom is 0.280 e. The first-order chi connectivity index (χ1) is 5.25. The van der Waals surface area contributed by atoms with Crippen molar-refractivity contribution in [1.29, 1.82) is 0 Å². The molecule has 0 aliphatic heterocycles. The van der Waals surface area contributed by atoms with E-state index in [9.17, 15) is 8.78 Å². The summed E-state index contributed by atoms with van der Waals surface area (Å²) < 4.78 is 24.2. The van der Waals surface area contributed by atoms with Crippen LogP contribution in [0.5, 0.6) is 0 Å². The predicted octanol–water partition coefficient (Wildman–Crippen LogP) is 1.48. The van der Waals surface area contributed by atoms with E-state index in [4.69, 9.17) is 5.73 Å². The number of rotatable bonds is 2. The van der Waals surface area contributed by atoms with E-state index in [1.165, 1.54) is 6.20 Å². The van der Waals surface area contributed by atoms with Crippen LogP contribution in [0.15, 0.2) is 18.3 Å². The zero-order valence-electron chi connectivity index (χ0n) is 5.80. The van der Waals surface area contributed by atoms with E-state index in [-0.39, 0.29) is 12.2 Å². The molecule has 0 bridgehead atoms. The molecule has 0 aliphatic rings. The van der Waals surface area contributed by atoms with E-state index in [2.05, 4.69) is 4.98 Å². The van der Waals surface area contributed by atoms with Crippen LogP contribution in [-0.2, 0) is 6.54 Å². The van der Waals surface area contributed by atoms with Crippen molar-refractivity contribution in [3.63, 3.8) is 0 Å².